The van der Waals surface area contributed by atoms with E-state index in [9.17, 15) is 0 Å². The maximum Gasteiger partial charge on any atom is 0.0310 e. The molecule has 0 radical (unpaired) electrons. The van der Waals surface area contributed by atoms with Crippen LogP contribution in [0.25, 0.3) is 0 Å². The molecule has 0 amide bonds. The third-order valence-electron chi connectivity index (χ3n) is 2.81. The molecule has 0 bridgehead atoms. The molecule has 0 unspecified atom stereocenters. The van der Waals surface area contributed by atoms with Crippen molar-refractivity contribution < 1.29 is 0 Å². The minimum absolute atomic E-state index is 0.663. The second kappa shape index (κ2) is 4.82. The topological polar surface area (TPSA) is 12.0 Å². The lowest BCUT2D eigenvalue weighted by Gasteiger charge is -2.06. The summed E-state index contributed by atoms with van der Waals surface area (Å²) in [5.41, 5.74) is 4.40. The number of hydrogen-bond donors (Lipinski definition) is 1. The van der Waals surface area contributed by atoms with Gasteiger partial charge in [-0.2, -0.15) is 0 Å². The standard InChI is InChI=1S/C13H16ClN/c1-10(14)8-15-9-11-5-6-12-3-2-4-13(12)7-11/h5-7,15H,1-4,8-9H2. The van der Waals surface area contributed by atoms with E-state index in [2.05, 4.69) is 30.1 Å². The van der Waals surface area contributed by atoms with E-state index in [1.165, 1.54) is 36.0 Å². The normalized spacial score (nSPS) is 13.9. The van der Waals surface area contributed by atoms with Gasteiger partial charge >= 0.3 is 0 Å². The molecule has 0 spiro atoms. The summed E-state index contributed by atoms with van der Waals surface area (Å²) in [6.45, 7) is 5.20. The van der Waals surface area contributed by atoms with Crippen LogP contribution in [0.4, 0.5) is 0 Å². The largest absolute Gasteiger partial charge is 0.308 e. The van der Waals surface area contributed by atoms with Crippen molar-refractivity contribution in [2.24, 2.45) is 0 Å². The first-order chi connectivity index (χ1) is 7.25. The quantitative estimate of drug-likeness (QED) is 0.824. The highest BCUT2D eigenvalue weighted by Crippen LogP contribution is 2.22. The first-order valence-electron chi connectivity index (χ1n) is 5.40. The van der Waals surface area contributed by atoms with Crippen LogP contribution in [-0.2, 0) is 19.4 Å². The first kappa shape index (κ1) is 10.7. The van der Waals surface area contributed by atoms with Gasteiger partial charge in [-0.15, -0.1) is 0 Å². The highest BCUT2D eigenvalue weighted by Gasteiger charge is 2.10. The fourth-order valence-corrected chi connectivity index (χ4v) is 2.17. The van der Waals surface area contributed by atoms with Gasteiger partial charge in [-0.3, -0.25) is 0 Å². The van der Waals surface area contributed by atoms with Crippen molar-refractivity contribution in [2.75, 3.05) is 6.54 Å². The van der Waals surface area contributed by atoms with Crippen LogP contribution in [0.15, 0.2) is 29.8 Å². The van der Waals surface area contributed by atoms with Gasteiger partial charge in [0.1, 0.15) is 0 Å². The van der Waals surface area contributed by atoms with Crippen molar-refractivity contribution in [3.63, 3.8) is 0 Å². The zero-order valence-corrected chi connectivity index (χ0v) is 9.61. The third-order valence-corrected chi connectivity index (χ3v) is 2.94. The second-order valence-corrected chi connectivity index (χ2v) is 4.61. The van der Waals surface area contributed by atoms with E-state index in [0.29, 0.717) is 11.6 Å². The minimum Gasteiger partial charge on any atom is -0.308 e. The molecular formula is C13H16ClN. The Balaban J connectivity index is 1.95. The fourth-order valence-electron chi connectivity index (χ4n) is 2.08. The molecule has 0 fully saturated rings. The Bertz CT molecular complexity index is 371. The zero-order valence-electron chi connectivity index (χ0n) is 8.85. The summed E-state index contributed by atoms with van der Waals surface area (Å²) in [6, 6.07) is 6.77. The number of benzene rings is 1. The van der Waals surface area contributed by atoms with Crippen molar-refractivity contribution in [1.29, 1.82) is 0 Å². The van der Waals surface area contributed by atoms with Gasteiger partial charge in [-0.05, 0) is 36.0 Å². The van der Waals surface area contributed by atoms with Crippen LogP contribution in [-0.4, -0.2) is 6.54 Å². The van der Waals surface area contributed by atoms with Gasteiger partial charge in [0.25, 0.3) is 0 Å². The Morgan fingerprint density at radius 3 is 2.93 bits per heavy atom. The first-order valence-corrected chi connectivity index (χ1v) is 5.78. The second-order valence-electron chi connectivity index (χ2n) is 4.08. The maximum absolute atomic E-state index is 5.68. The number of halogens is 1. The molecule has 15 heavy (non-hydrogen) atoms. The van der Waals surface area contributed by atoms with Crippen LogP contribution in [0.2, 0.25) is 0 Å². The number of rotatable bonds is 4. The molecule has 0 aromatic heterocycles. The molecule has 2 rings (SSSR count). The van der Waals surface area contributed by atoms with E-state index >= 15 is 0 Å². The van der Waals surface area contributed by atoms with Gasteiger partial charge in [0, 0.05) is 18.1 Å². The monoisotopic (exact) mass is 221 g/mol. The molecule has 0 heterocycles. The van der Waals surface area contributed by atoms with Crippen molar-refractivity contribution in [2.45, 2.75) is 25.8 Å². The highest BCUT2D eigenvalue weighted by atomic mass is 35.5. The molecular weight excluding hydrogens is 206 g/mol. The third kappa shape index (κ3) is 2.83. The lowest BCUT2D eigenvalue weighted by atomic mass is 10.1. The van der Waals surface area contributed by atoms with Gasteiger partial charge in [-0.1, -0.05) is 36.4 Å². The molecule has 0 saturated heterocycles. The number of hydrogen-bond acceptors (Lipinski definition) is 1. The van der Waals surface area contributed by atoms with Crippen LogP contribution in [0.5, 0.6) is 0 Å². The van der Waals surface area contributed by atoms with Crippen molar-refractivity contribution in [1.82, 2.24) is 5.32 Å². The van der Waals surface area contributed by atoms with E-state index in [0.717, 1.165) is 6.54 Å². The molecule has 0 aliphatic heterocycles. The molecule has 1 nitrogen and oxygen atoms in total. The molecule has 1 aliphatic rings. The number of fused-ring (bicyclic) bond motifs is 1. The smallest absolute Gasteiger partial charge is 0.0310 e. The predicted molar refractivity (Wildman–Crippen MR) is 65.2 cm³/mol. The lowest BCUT2D eigenvalue weighted by molar-refractivity contribution is 0.754. The SMILES string of the molecule is C=C(Cl)CNCc1ccc2c(c1)CCC2. The van der Waals surface area contributed by atoms with E-state index in [-0.39, 0.29) is 0 Å². The molecule has 0 atom stereocenters. The summed E-state index contributed by atoms with van der Waals surface area (Å²) in [6.07, 6.45) is 3.80. The molecule has 2 heteroatoms. The van der Waals surface area contributed by atoms with Crippen molar-refractivity contribution in [3.05, 3.63) is 46.5 Å². The predicted octanol–water partition coefficient (Wildman–Crippen LogP) is 3.02. The van der Waals surface area contributed by atoms with E-state index < -0.39 is 0 Å². The van der Waals surface area contributed by atoms with E-state index in [1.54, 1.807) is 0 Å². The Kier molecular flexibility index (Phi) is 3.45. The molecule has 80 valence electrons. The maximum atomic E-state index is 5.68. The van der Waals surface area contributed by atoms with Gasteiger partial charge in [0.15, 0.2) is 0 Å². The Hall–Kier alpha value is -0.790. The van der Waals surface area contributed by atoms with Crippen molar-refractivity contribution in [3.8, 4) is 0 Å². The summed E-state index contributed by atoms with van der Waals surface area (Å²) in [7, 11) is 0. The molecule has 1 aromatic carbocycles. The zero-order chi connectivity index (χ0) is 10.7. The summed E-state index contributed by atoms with van der Waals surface area (Å²) in [5.74, 6) is 0. The van der Waals surface area contributed by atoms with Gasteiger partial charge in [0.2, 0.25) is 0 Å². The summed E-state index contributed by atoms with van der Waals surface area (Å²) >= 11 is 5.68. The molecule has 1 N–H and O–H groups in total. The van der Waals surface area contributed by atoms with Crippen LogP contribution < -0.4 is 5.32 Å². The van der Waals surface area contributed by atoms with Crippen LogP contribution in [0, 0.1) is 0 Å². The summed E-state index contributed by atoms with van der Waals surface area (Å²) in [5, 5.41) is 3.92. The van der Waals surface area contributed by atoms with Gasteiger partial charge < -0.3 is 5.32 Å². The van der Waals surface area contributed by atoms with Crippen LogP contribution in [0.3, 0.4) is 0 Å². The Morgan fingerprint density at radius 2 is 2.13 bits per heavy atom. The van der Waals surface area contributed by atoms with Crippen molar-refractivity contribution >= 4 is 11.6 Å². The summed E-state index contributed by atoms with van der Waals surface area (Å²) in [4.78, 5) is 0. The lowest BCUT2D eigenvalue weighted by Crippen LogP contribution is -2.14. The van der Waals surface area contributed by atoms with Crippen LogP contribution >= 0.6 is 11.6 Å². The molecule has 0 saturated carbocycles. The molecule has 1 aliphatic carbocycles. The average Bonchev–Trinajstić information content (AvgIpc) is 2.64. The van der Waals surface area contributed by atoms with E-state index in [4.69, 9.17) is 11.6 Å². The average molecular weight is 222 g/mol. The minimum atomic E-state index is 0.663. The summed E-state index contributed by atoms with van der Waals surface area (Å²) < 4.78 is 0. The van der Waals surface area contributed by atoms with E-state index in [1.807, 2.05) is 0 Å². The Morgan fingerprint density at radius 1 is 1.33 bits per heavy atom. The van der Waals surface area contributed by atoms with Gasteiger partial charge in [-0.25, -0.2) is 0 Å². The number of aryl methyl sites for hydroxylation is 2. The fraction of sp³-hybridized carbons (Fsp3) is 0.385. The van der Waals surface area contributed by atoms with Gasteiger partial charge in [0.05, 0.1) is 0 Å². The molecule has 1 aromatic rings. The van der Waals surface area contributed by atoms with Crippen LogP contribution in [0.1, 0.15) is 23.1 Å². The Labute approximate surface area is 96.1 Å². The number of nitrogens with one attached hydrogen (secondary N) is 1. The highest BCUT2D eigenvalue weighted by molar-refractivity contribution is 6.29.